The molecule has 20 heavy (non-hydrogen) atoms. The van der Waals surface area contributed by atoms with Gasteiger partial charge in [0.05, 0.1) is 0 Å². The van der Waals surface area contributed by atoms with Crippen LogP contribution in [0.2, 0.25) is 0 Å². The molecule has 0 amide bonds. The van der Waals surface area contributed by atoms with Crippen LogP contribution in [0.25, 0.3) is 0 Å². The van der Waals surface area contributed by atoms with Crippen LogP contribution in [0.3, 0.4) is 0 Å². The van der Waals surface area contributed by atoms with Gasteiger partial charge in [0.1, 0.15) is 0 Å². The lowest BCUT2D eigenvalue weighted by Crippen LogP contribution is -2.34. The average Bonchev–Trinajstić information content (AvgIpc) is 2.41. The minimum atomic E-state index is -0.786. The standard InChI is InChI=1S/C13H16N4O2S/c1-8-4-3-5-9(6-8)10(7-14)20-13-15-11(18)12(19)16-17(13)2/h3-6,10H,7,14H2,1-2H3,(H,16,19). The second-order valence-corrected chi connectivity index (χ2v) is 5.63. The molecule has 0 radical (unpaired) electrons. The minimum Gasteiger partial charge on any atom is -0.329 e. The molecule has 0 saturated carbocycles. The van der Waals surface area contributed by atoms with Gasteiger partial charge in [0.25, 0.3) is 0 Å². The molecular formula is C13H16N4O2S. The molecule has 0 aliphatic rings. The van der Waals surface area contributed by atoms with Crippen LogP contribution >= 0.6 is 11.8 Å². The summed E-state index contributed by atoms with van der Waals surface area (Å²) in [6.45, 7) is 2.42. The van der Waals surface area contributed by atoms with Gasteiger partial charge in [0.15, 0.2) is 5.16 Å². The van der Waals surface area contributed by atoms with E-state index in [2.05, 4.69) is 10.1 Å². The molecule has 2 rings (SSSR count). The van der Waals surface area contributed by atoms with Crippen molar-refractivity contribution in [1.82, 2.24) is 14.8 Å². The number of benzene rings is 1. The van der Waals surface area contributed by atoms with E-state index in [0.717, 1.165) is 11.1 Å². The quantitative estimate of drug-likeness (QED) is 0.634. The predicted molar refractivity (Wildman–Crippen MR) is 78.9 cm³/mol. The van der Waals surface area contributed by atoms with E-state index >= 15 is 0 Å². The number of hydrogen-bond acceptors (Lipinski definition) is 5. The lowest BCUT2D eigenvalue weighted by molar-refractivity contribution is 0.595. The highest BCUT2D eigenvalue weighted by atomic mass is 32.2. The summed E-state index contributed by atoms with van der Waals surface area (Å²) in [6.07, 6.45) is 0. The molecule has 0 spiro atoms. The minimum absolute atomic E-state index is 0.0288. The number of H-pyrrole nitrogens is 1. The van der Waals surface area contributed by atoms with Gasteiger partial charge in [-0.2, -0.15) is 4.98 Å². The summed E-state index contributed by atoms with van der Waals surface area (Å²) < 4.78 is 1.44. The Morgan fingerprint density at radius 3 is 2.85 bits per heavy atom. The molecule has 0 aliphatic heterocycles. The zero-order chi connectivity index (χ0) is 14.7. The number of nitrogens with two attached hydrogens (primary N) is 1. The maximum Gasteiger partial charge on any atom is 0.339 e. The van der Waals surface area contributed by atoms with E-state index in [-0.39, 0.29) is 5.25 Å². The molecular weight excluding hydrogens is 276 g/mol. The van der Waals surface area contributed by atoms with Crippen LogP contribution in [-0.4, -0.2) is 21.3 Å². The van der Waals surface area contributed by atoms with Gasteiger partial charge in [-0.05, 0) is 12.5 Å². The van der Waals surface area contributed by atoms with Crippen molar-refractivity contribution in [2.24, 2.45) is 12.8 Å². The van der Waals surface area contributed by atoms with Gasteiger partial charge in [-0.25, -0.2) is 0 Å². The van der Waals surface area contributed by atoms with Crippen molar-refractivity contribution >= 4 is 11.8 Å². The van der Waals surface area contributed by atoms with Crippen molar-refractivity contribution in [2.75, 3.05) is 6.54 Å². The van der Waals surface area contributed by atoms with Crippen LogP contribution in [0.5, 0.6) is 0 Å². The third-order valence-corrected chi connectivity index (χ3v) is 4.15. The molecule has 106 valence electrons. The lowest BCUT2D eigenvalue weighted by atomic mass is 10.1. The Morgan fingerprint density at radius 1 is 1.45 bits per heavy atom. The smallest absolute Gasteiger partial charge is 0.329 e. The molecule has 0 aliphatic carbocycles. The summed E-state index contributed by atoms with van der Waals surface area (Å²) in [7, 11) is 1.64. The van der Waals surface area contributed by atoms with Crippen molar-refractivity contribution in [3.05, 3.63) is 56.1 Å². The molecule has 1 aromatic heterocycles. The highest BCUT2D eigenvalue weighted by Crippen LogP contribution is 2.32. The fourth-order valence-corrected chi connectivity index (χ4v) is 2.79. The highest BCUT2D eigenvalue weighted by molar-refractivity contribution is 7.99. The average molecular weight is 292 g/mol. The number of nitrogens with zero attached hydrogens (tertiary/aromatic N) is 2. The van der Waals surface area contributed by atoms with Gasteiger partial charge < -0.3 is 5.73 Å². The zero-order valence-electron chi connectivity index (χ0n) is 11.3. The van der Waals surface area contributed by atoms with Gasteiger partial charge in [-0.1, -0.05) is 41.6 Å². The number of hydrogen-bond donors (Lipinski definition) is 2. The molecule has 3 N–H and O–H groups in total. The topological polar surface area (TPSA) is 93.8 Å². The third-order valence-electron chi connectivity index (χ3n) is 2.82. The predicted octanol–water partition coefficient (Wildman–Crippen LogP) is 0.569. The largest absolute Gasteiger partial charge is 0.339 e. The summed E-state index contributed by atoms with van der Waals surface area (Å²) in [5, 5.41) is 2.83. The number of aryl methyl sites for hydroxylation is 2. The number of rotatable bonds is 4. The van der Waals surface area contributed by atoms with Crippen molar-refractivity contribution in [1.29, 1.82) is 0 Å². The molecule has 2 aromatic rings. The van der Waals surface area contributed by atoms with Gasteiger partial charge in [0.2, 0.25) is 0 Å². The summed E-state index contributed by atoms with van der Waals surface area (Å²) in [6, 6.07) is 8.01. The van der Waals surface area contributed by atoms with Crippen LogP contribution in [-0.2, 0) is 7.05 Å². The Bertz CT molecular complexity index is 723. The molecule has 1 aromatic carbocycles. The Kier molecular flexibility index (Phi) is 4.41. The van der Waals surface area contributed by atoms with E-state index in [9.17, 15) is 9.59 Å². The molecule has 0 saturated heterocycles. The first-order valence-electron chi connectivity index (χ1n) is 6.12. The Morgan fingerprint density at radius 2 is 2.20 bits per heavy atom. The molecule has 1 unspecified atom stereocenters. The number of aromatic amines is 1. The van der Waals surface area contributed by atoms with E-state index in [1.807, 2.05) is 31.2 Å². The highest BCUT2D eigenvalue weighted by Gasteiger charge is 2.15. The van der Waals surface area contributed by atoms with Crippen molar-refractivity contribution in [3.8, 4) is 0 Å². The Balaban J connectivity index is 2.34. The Hall–Kier alpha value is -1.86. The van der Waals surface area contributed by atoms with Crippen molar-refractivity contribution < 1.29 is 0 Å². The number of aromatic nitrogens is 3. The van der Waals surface area contributed by atoms with E-state index in [1.54, 1.807) is 7.05 Å². The van der Waals surface area contributed by atoms with E-state index in [4.69, 9.17) is 5.73 Å². The number of nitrogens with one attached hydrogen (secondary N) is 1. The molecule has 7 heteroatoms. The summed E-state index contributed by atoms with van der Waals surface area (Å²) in [5.41, 5.74) is 6.51. The lowest BCUT2D eigenvalue weighted by Gasteiger charge is -2.16. The van der Waals surface area contributed by atoms with Gasteiger partial charge in [-0.3, -0.25) is 19.4 Å². The summed E-state index contributed by atoms with van der Waals surface area (Å²) in [5.74, 6) is 0. The maximum atomic E-state index is 11.3. The first kappa shape index (κ1) is 14.5. The molecule has 1 atom stereocenters. The van der Waals surface area contributed by atoms with Gasteiger partial charge >= 0.3 is 11.1 Å². The summed E-state index contributed by atoms with van der Waals surface area (Å²) >= 11 is 1.36. The van der Waals surface area contributed by atoms with Crippen molar-refractivity contribution in [3.63, 3.8) is 0 Å². The second-order valence-electron chi connectivity index (χ2n) is 4.46. The first-order valence-corrected chi connectivity index (χ1v) is 7.00. The Labute approximate surface area is 120 Å². The zero-order valence-corrected chi connectivity index (χ0v) is 12.1. The molecule has 1 heterocycles. The van der Waals surface area contributed by atoms with Gasteiger partial charge in [-0.15, -0.1) is 0 Å². The van der Waals surface area contributed by atoms with Crippen LogP contribution in [0.15, 0.2) is 39.0 Å². The second kappa shape index (κ2) is 6.06. The fourth-order valence-electron chi connectivity index (χ4n) is 1.82. The molecule has 6 nitrogen and oxygen atoms in total. The van der Waals surface area contributed by atoms with E-state index in [1.165, 1.54) is 16.4 Å². The van der Waals surface area contributed by atoms with Crippen molar-refractivity contribution in [2.45, 2.75) is 17.3 Å². The van der Waals surface area contributed by atoms with Gasteiger partial charge in [0, 0.05) is 18.8 Å². The van der Waals surface area contributed by atoms with Crippen LogP contribution in [0.4, 0.5) is 0 Å². The maximum absolute atomic E-state index is 11.3. The molecule has 0 fully saturated rings. The van der Waals surface area contributed by atoms with E-state index in [0.29, 0.717) is 11.7 Å². The monoisotopic (exact) mass is 292 g/mol. The number of thioether (sulfide) groups is 1. The van der Waals surface area contributed by atoms with Crippen LogP contribution < -0.4 is 16.9 Å². The summed E-state index contributed by atoms with van der Waals surface area (Å²) in [4.78, 5) is 26.3. The van der Waals surface area contributed by atoms with Crippen LogP contribution in [0.1, 0.15) is 16.4 Å². The van der Waals surface area contributed by atoms with E-state index < -0.39 is 11.1 Å². The SMILES string of the molecule is Cc1cccc(C(CN)Sc2nc(=O)c(=O)[nH]n2C)c1. The normalized spacial score (nSPS) is 12.3. The third kappa shape index (κ3) is 3.17. The fraction of sp³-hybridized carbons (Fsp3) is 0.308. The first-order chi connectivity index (χ1) is 9.51. The van der Waals surface area contributed by atoms with Crippen LogP contribution in [0, 0.1) is 6.92 Å². The molecule has 0 bridgehead atoms.